The average Bonchev–Trinajstić information content (AvgIpc) is 2.77. The number of rotatable bonds is 6. The molecule has 0 fully saturated rings. The van der Waals surface area contributed by atoms with Crippen LogP contribution in [0.25, 0.3) is 0 Å². The van der Waals surface area contributed by atoms with Crippen molar-refractivity contribution in [3.05, 3.63) is 47.8 Å². The molecule has 1 heterocycles. The minimum atomic E-state index is -1.19. The third kappa shape index (κ3) is 9.90. The van der Waals surface area contributed by atoms with Gasteiger partial charge in [-0.15, -0.1) is 0 Å². The van der Waals surface area contributed by atoms with Gasteiger partial charge in [0.25, 0.3) is 0 Å². The summed E-state index contributed by atoms with van der Waals surface area (Å²) >= 11 is 0. The van der Waals surface area contributed by atoms with E-state index in [4.69, 9.17) is 9.47 Å². The summed E-state index contributed by atoms with van der Waals surface area (Å²) < 4.78 is 25.6. The molecule has 8 heteroatoms. The quantitative estimate of drug-likeness (QED) is 0.626. The van der Waals surface area contributed by atoms with Gasteiger partial charge in [-0.3, -0.25) is 9.69 Å². The fourth-order valence-electron chi connectivity index (χ4n) is 3.57. The fourth-order valence-corrected chi connectivity index (χ4v) is 3.57. The van der Waals surface area contributed by atoms with Crippen molar-refractivity contribution < 1.29 is 28.9 Å². The maximum absolute atomic E-state index is 14.2. The Morgan fingerprint density at radius 1 is 1.24 bits per heavy atom. The molecule has 1 aromatic carbocycles. The molecular formula is C25H39FN2O5. The lowest BCUT2D eigenvalue weighted by Gasteiger charge is -2.33. The summed E-state index contributed by atoms with van der Waals surface area (Å²) in [5.41, 5.74) is 0.589. The number of ether oxygens (including phenoxy) is 2. The highest BCUT2D eigenvalue weighted by molar-refractivity contribution is 5.73. The minimum absolute atomic E-state index is 0.0471. The zero-order chi connectivity index (χ0) is 24.2. The molecule has 33 heavy (non-hydrogen) atoms. The first-order valence-corrected chi connectivity index (χ1v) is 11.7. The summed E-state index contributed by atoms with van der Waals surface area (Å²) in [4.78, 5) is 16.0. The first kappa shape index (κ1) is 27.4. The van der Waals surface area contributed by atoms with E-state index in [-0.39, 0.29) is 31.5 Å². The standard InChI is InChI=1S/C25H39FN2O5/c1-19(2)10-15-33-24-17-28(20(3)29)13-12-27(16-21-8-4-5-9-22(21)26)11-6-7-14-32-18-23(30)25(24)31/h4-9,19,23-25,30-31H,10-18H2,1-3H3/b7-6-/t23-,24-,25-/m0/s1. The molecule has 1 aliphatic heterocycles. The van der Waals surface area contributed by atoms with Crippen molar-refractivity contribution in [1.82, 2.24) is 9.80 Å². The number of carbonyl (C=O) groups is 1. The van der Waals surface area contributed by atoms with Crippen molar-refractivity contribution in [2.24, 2.45) is 5.92 Å². The van der Waals surface area contributed by atoms with Crippen LogP contribution in [0, 0.1) is 11.7 Å². The normalized spacial score (nSPS) is 25.1. The Morgan fingerprint density at radius 3 is 2.70 bits per heavy atom. The van der Waals surface area contributed by atoms with Crippen molar-refractivity contribution in [2.45, 2.75) is 52.0 Å². The van der Waals surface area contributed by atoms with Crippen LogP contribution in [0.4, 0.5) is 4.39 Å². The highest BCUT2D eigenvalue weighted by atomic mass is 19.1. The third-order valence-electron chi connectivity index (χ3n) is 5.72. The van der Waals surface area contributed by atoms with E-state index in [2.05, 4.69) is 18.7 Å². The van der Waals surface area contributed by atoms with E-state index < -0.39 is 18.3 Å². The van der Waals surface area contributed by atoms with Crippen molar-refractivity contribution in [3.8, 4) is 0 Å². The topological polar surface area (TPSA) is 82.5 Å². The molecule has 0 saturated carbocycles. The Bertz CT molecular complexity index is 745. The summed E-state index contributed by atoms with van der Waals surface area (Å²) in [5, 5.41) is 21.1. The van der Waals surface area contributed by atoms with Gasteiger partial charge >= 0.3 is 0 Å². The maximum atomic E-state index is 14.2. The Labute approximate surface area is 196 Å². The van der Waals surface area contributed by atoms with Gasteiger partial charge < -0.3 is 24.6 Å². The molecule has 3 atom stereocenters. The summed E-state index contributed by atoms with van der Waals surface area (Å²) in [6.07, 6.45) is 1.49. The Morgan fingerprint density at radius 2 is 2.00 bits per heavy atom. The Kier molecular flexibility index (Phi) is 12.0. The number of hydrogen-bond donors (Lipinski definition) is 2. The monoisotopic (exact) mass is 466 g/mol. The molecule has 0 saturated heterocycles. The number of hydrogen-bond acceptors (Lipinski definition) is 6. The van der Waals surface area contributed by atoms with E-state index in [1.165, 1.54) is 13.0 Å². The number of amides is 1. The summed E-state index contributed by atoms with van der Waals surface area (Å²) in [6.45, 7) is 8.30. The second-order valence-corrected chi connectivity index (χ2v) is 8.95. The van der Waals surface area contributed by atoms with Gasteiger partial charge in [0, 0.05) is 51.8 Å². The van der Waals surface area contributed by atoms with E-state index >= 15 is 0 Å². The van der Waals surface area contributed by atoms with Gasteiger partial charge in [0.05, 0.1) is 13.2 Å². The van der Waals surface area contributed by atoms with Crippen molar-refractivity contribution in [3.63, 3.8) is 0 Å². The van der Waals surface area contributed by atoms with Crippen LogP contribution in [-0.4, -0.2) is 90.2 Å². The predicted octanol–water partition coefficient (Wildman–Crippen LogP) is 2.22. The van der Waals surface area contributed by atoms with E-state index in [1.54, 1.807) is 23.1 Å². The van der Waals surface area contributed by atoms with Crippen LogP contribution >= 0.6 is 0 Å². The van der Waals surface area contributed by atoms with Crippen LogP contribution in [0.3, 0.4) is 0 Å². The molecular weight excluding hydrogens is 427 g/mol. The average molecular weight is 467 g/mol. The van der Waals surface area contributed by atoms with Gasteiger partial charge in [0.15, 0.2) is 0 Å². The van der Waals surface area contributed by atoms with Gasteiger partial charge in [-0.05, 0) is 18.4 Å². The lowest BCUT2D eigenvalue weighted by atomic mass is 10.1. The molecule has 0 bridgehead atoms. The largest absolute Gasteiger partial charge is 0.388 e. The Balaban J connectivity index is 2.17. The van der Waals surface area contributed by atoms with Crippen molar-refractivity contribution in [2.75, 3.05) is 46.0 Å². The smallest absolute Gasteiger partial charge is 0.219 e. The number of halogens is 1. The highest BCUT2D eigenvalue weighted by Crippen LogP contribution is 2.13. The van der Waals surface area contributed by atoms with E-state index in [0.29, 0.717) is 44.3 Å². The van der Waals surface area contributed by atoms with Crippen LogP contribution in [0.15, 0.2) is 36.4 Å². The van der Waals surface area contributed by atoms with Crippen LogP contribution < -0.4 is 0 Å². The van der Waals surface area contributed by atoms with Gasteiger partial charge in [-0.2, -0.15) is 0 Å². The molecule has 0 aromatic heterocycles. The molecule has 7 nitrogen and oxygen atoms in total. The first-order chi connectivity index (χ1) is 15.8. The molecule has 2 rings (SSSR count). The molecule has 2 N–H and O–H groups in total. The van der Waals surface area contributed by atoms with E-state index in [0.717, 1.165) is 6.42 Å². The predicted molar refractivity (Wildman–Crippen MR) is 125 cm³/mol. The molecule has 0 radical (unpaired) electrons. The lowest BCUT2D eigenvalue weighted by Crippen LogP contribution is -2.50. The van der Waals surface area contributed by atoms with Gasteiger partial charge in [0.1, 0.15) is 24.1 Å². The lowest BCUT2D eigenvalue weighted by molar-refractivity contribution is -0.139. The molecule has 0 aliphatic carbocycles. The van der Waals surface area contributed by atoms with Gasteiger partial charge in [-0.1, -0.05) is 44.2 Å². The summed E-state index contributed by atoms with van der Waals surface area (Å²) in [5.74, 6) is 0.0128. The van der Waals surface area contributed by atoms with Gasteiger partial charge in [-0.25, -0.2) is 4.39 Å². The van der Waals surface area contributed by atoms with Crippen LogP contribution in [0.2, 0.25) is 0 Å². The van der Waals surface area contributed by atoms with Crippen LogP contribution in [-0.2, 0) is 20.8 Å². The molecule has 1 amide bonds. The number of benzene rings is 1. The fraction of sp³-hybridized carbons (Fsp3) is 0.640. The number of carbonyl (C=O) groups excluding carboxylic acids is 1. The zero-order valence-corrected chi connectivity index (χ0v) is 20.0. The van der Waals surface area contributed by atoms with Crippen LogP contribution in [0.5, 0.6) is 0 Å². The van der Waals surface area contributed by atoms with E-state index in [1.807, 2.05) is 12.2 Å². The molecule has 186 valence electrons. The second kappa shape index (κ2) is 14.4. The maximum Gasteiger partial charge on any atom is 0.219 e. The zero-order valence-electron chi connectivity index (χ0n) is 20.0. The molecule has 1 aromatic rings. The highest BCUT2D eigenvalue weighted by Gasteiger charge is 2.30. The summed E-state index contributed by atoms with van der Waals surface area (Å²) in [7, 11) is 0. The van der Waals surface area contributed by atoms with Crippen LogP contribution in [0.1, 0.15) is 32.8 Å². The number of aliphatic hydroxyl groups is 2. The minimum Gasteiger partial charge on any atom is -0.388 e. The van der Waals surface area contributed by atoms with Crippen molar-refractivity contribution >= 4 is 5.91 Å². The molecule has 0 unspecified atom stereocenters. The van der Waals surface area contributed by atoms with E-state index in [9.17, 15) is 19.4 Å². The Hall–Kier alpha value is -1.84. The first-order valence-electron chi connectivity index (χ1n) is 11.7. The molecule has 0 spiro atoms. The number of aliphatic hydroxyl groups excluding tert-OH is 2. The number of nitrogens with zero attached hydrogens (tertiary/aromatic N) is 2. The second-order valence-electron chi connectivity index (χ2n) is 8.95. The molecule has 1 aliphatic rings. The summed E-state index contributed by atoms with van der Waals surface area (Å²) in [6, 6.07) is 6.67. The third-order valence-corrected chi connectivity index (χ3v) is 5.72. The SMILES string of the molecule is CC(=O)N1CCN(Cc2ccccc2F)C/C=C\COC[C@H](O)[C@H](O)[C@@H](OCCC(C)C)C1. The van der Waals surface area contributed by atoms with Gasteiger partial charge in [0.2, 0.25) is 5.91 Å². The van der Waals surface area contributed by atoms with Crippen molar-refractivity contribution in [1.29, 1.82) is 0 Å².